The Bertz CT molecular complexity index is 278. The predicted octanol–water partition coefficient (Wildman–Crippen LogP) is 0.411. The first-order valence-electron chi connectivity index (χ1n) is 5.54. The molecule has 0 unspecified atom stereocenters. The van der Waals surface area contributed by atoms with Gasteiger partial charge in [-0.25, -0.2) is 0 Å². The van der Waals surface area contributed by atoms with Crippen LogP contribution in [0.1, 0.15) is 19.3 Å². The molecule has 15 heavy (non-hydrogen) atoms. The van der Waals surface area contributed by atoms with Crippen LogP contribution in [0.15, 0.2) is 0 Å². The minimum Gasteiger partial charge on any atom is -0.341 e. The zero-order valence-corrected chi connectivity index (χ0v) is 8.85. The Labute approximate surface area is 90.5 Å². The Hall–Kier alpha value is -1.08. The molecule has 0 aromatic carbocycles. The molecule has 0 aromatic rings. The van der Waals surface area contributed by atoms with Crippen LogP contribution in [0.3, 0.4) is 0 Å². The van der Waals surface area contributed by atoms with Gasteiger partial charge in [0.1, 0.15) is 0 Å². The third kappa shape index (κ3) is 2.29. The van der Waals surface area contributed by atoms with Gasteiger partial charge in [0.2, 0.25) is 5.91 Å². The number of likely N-dealkylation sites (tertiary alicyclic amines) is 2. The number of nitrogens with zero attached hydrogens (tertiary/aromatic N) is 3. The fourth-order valence-electron chi connectivity index (χ4n) is 2.25. The first-order chi connectivity index (χ1) is 7.31. The number of hydrogen-bond acceptors (Lipinski definition) is 3. The summed E-state index contributed by atoms with van der Waals surface area (Å²) in [5.41, 5.74) is 0. The molecule has 2 aliphatic heterocycles. The van der Waals surface area contributed by atoms with Crippen LogP contribution in [0.4, 0.5) is 0 Å². The number of nitriles is 1. The van der Waals surface area contributed by atoms with Crippen LogP contribution in [-0.4, -0.2) is 47.9 Å². The average molecular weight is 206 g/mol. The highest BCUT2D eigenvalue weighted by Crippen LogP contribution is 2.17. The van der Waals surface area contributed by atoms with Gasteiger partial charge in [0.25, 0.3) is 0 Å². The van der Waals surface area contributed by atoms with Crippen LogP contribution in [0.25, 0.3) is 0 Å². The molecule has 2 heterocycles. The molecule has 0 N–H and O–H groups in total. The quantitative estimate of drug-likeness (QED) is 0.657. The first kappa shape index (κ1) is 10.4. The Kier molecular flexibility index (Phi) is 3.22. The largest absolute Gasteiger partial charge is 0.341 e. The van der Waals surface area contributed by atoms with E-state index in [-0.39, 0.29) is 11.9 Å². The van der Waals surface area contributed by atoms with Crippen LogP contribution in [0.2, 0.25) is 0 Å². The van der Waals surface area contributed by atoms with Gasteiger partial charge in [-0.3, -0.25) is 9.69 Å². The Balaban J connectivity index is 1.85. The molecular formula is C11H16N3O. The second-order valence-corrected chi connectivity index (χ2v) is 4.17. The zero-order valence-electron chi connectivity index (χ0n) is 8.85. The van der Waals surface area contributed by atoms with Crippen molar-refractivity contribution in [2.75, 3.05) is 26.2 Å². The highest BCUT2D eigenvalue weighted by molar-refractivity contribution is 5.78. The highest BCUT2D eigenvalue weighted by Gasteiger charge is 2.28. The molecule has 0 aliphatic carbocycles. The molecule has 2 fully saturated rings. The van der Waals surface area contributed by atoms with Crippen LogP contribution < -0.4 is 0 Å². The van der Waals surface area contributed by atoms with Gasteiger partial charge < -0.3 is 4.90 Å². The van der Waals surface area contributed by atoms with E-state index in [2.05, 4.69) is 12.5 Å². The normalized spacial score (nSPS) is 26.9. The molecule has 2 saturated heterocycles. The average Bonchev–Trinajstić information content (AvgIpc) is 2.87. The van der Waals surface area contributed by atoms with Gasteiger partial charge in [-0.1, -0.05) is 0 Å². The van der Waals surface area contributed by atoms with Crippen molar-refractivity contribution in [1.82, 2.24) is 9.80 Å². The summed E-state index contributed by atoms with van der Waals surface area (Å²) in [6.07, 6.45) is 5.09. The third-order valence-corrected chi connectivity index (χ3v) is 3.16. The molecule has 1 atom stereocenters. The van der Waals surface area contributed by atoms with E-state index < -0.39 is 0 Å². The molecule has 4 nitrogen and oxygen atoms in total. The Morgan fingerprint density at radius 1 is 1.53 bits per heavy atom. The van der Waals surface area contributed by atoms with Gasteiger partial charge in [0.15, 0.2) is 0 Å². The highest BCUT2D eigenvalue weighted by atomic mass is 16.2. The molecule has 1 radical (unpaired) electrons. The lowest BCUT2D eigenvalue weighted by atomic mass is 10.2. The summed E-state index contributed by atoms with van der Waals surface area (Å²) in [7, 11) is 0. The third-order valence-electron chi connectivity index (χ3n) is 3.16. The van der Waals surface area contributed by atoms with E-state index in [9.17, 15) is 4.79 Å². The van der Waals surface area contributed by atoms with E-state index in [1.165, 1.54) is 0 Å². The SMILES string of the molecule is N#C[C@@H]1CCCN1CC(=O)N1C[CH]CC1. The van der Waals surface area contributed by atoms with Crippen molar-refractivity contribution in [3.05, 3.63) is 6.42 Å². The Morgan fingerprint density at radius 3 is 3.07 bits per heavy atom. The summed E-state index contributed by atoms with van der Waals surface area (Å²) in [6, 6.07) is 2.22. The maximum atomic E-state index is 11.8. The van der Waals surface area contributed by atoms with E-state index in [0.29, 0.717) is 6.54 Å². The molecular weight excluding hydrogens is 190 g/mol. The second-order valence-electron chi connectivity index (χ2n) is 4.17. The van der Waals surface area contributed by atoms with Crippen molar-refractivity contribution < 1.29 is 4.79 Å². The summed E-state index contributed by atoms with van der Waals surface area (Å²) >= 11 is 0. The number of carbonyl (C=O) groups is 1. The first-order valence-corrected chi connectivity index (χ1v) is 5.54. The minimum atomic E-state index is -0.0412. The van der Waals surface area contributed by atoms with Crippen molar-refractivity contribution in [1.29, 1.82) is 5.26 Å². The van der Waals surface area contributed by atoms with Crippen molar-refractivity contribution in [3.8, 4) is 6.07 Å². The molecule has 0 bridgehead atoms. The van der Waals surface area contributed by atoms with Gasteiger partial charge >= 0.3 is 0 Å². The molecule has 0 saturated carbocycles. The molecule has 0 spiro atoms. The zero-order chi connectivity index (χ0) is 10.7. The lowest BCUT2D eigenvalue weighted by molar-refractivity contribution is -0.131. The van der Waals surface area contributed by atoms with Crippen molar-refractivity contribution >= 4 is 5.91 Å². The van der Waals surface area contributed by atoms with Gasteiger partial charge in [0, 0.05) is 19.6 Å². The van der Waals surface area contributed by atoms with Crippen LogP contribution in [0.5, 0.6) is 0 Å². The second kappa shape index (κ2) is 4.63. The number of carbonyl (C=O) groups excluding carboxylic acids is 1. The minimum absolute atomic E-state index is 0.0412. The maximum Gasteiger partial charge on any atom is 0.236 e. The van der Waals surface area contributed by atoms with Crippen molar-refractivity contribution in [2.45, 2.75) is 25.3 Å². The molecule has 0 aromatic heterocycles. The molecule has 4 heteroatoms. The smallest absolute Gasteiger partial charge is 0.236 e. The summed E-state index contributed by atoms with van der Waals surface area (Å²) in [5, 5.41) is 8.89. The van der Waals surface area contributed by atoms with Gasteiger partial charge in [-0.15, -0.1) is 0 Å². The lowest BCUT2D eigenvalue weighted by Crippen LogP contribution is -2.40. The molecule has 2 aliphatic rings. The standard InChI is InChI=1S/C11H16N3O/c12-8-10-4-3-7-14(10)9-11(15)13-5-1-2-6-13/h1,10H,2-7,9H2/t10-/m0/s1. The molecule has 81 valence electrons. The summed E-state index contributed by atoms with van der Waals surface area (Å²) in [4.78, 5) is 15.7. The maximum absolute atomic E-state index is 11.8. The van der Waals surface area contributed by atoms with Gasteiger partial charge in [0.05, 0.1) is 18.7 Å². The van der Waals surface area contributed by atoms with Gasteiger partial charge in [-0.05, 0) is 25.7 Å². The molecule has 2 rings (SSSR count). The monoisotopic (exact) mass is 206 g/mol. The van der Waals surface area contributed by atoms with E-state index in [4.69, 9.17) is 5.26 Å². The van der Waals surface area contributed by atoms with Crippen LogP contribution in [-0.2, 0) is 4.79 Å². The van der Waals surface area contributed by atoms with E-state index >= 15 is 0 Å². The van der Waals surface area contributed by atoms with Crippen molar-refractivity contribution in [2.24, 2.45) is 0 Å². The number of rotatable bonds is 2. The van der Waals surface area contributed by atoms with E-state index in [1.807, 2.05) is 9.80 Å². The predicted molar refractivity (Wildman–Crippen MR) is 55.7 cm³/mol. The van der Waals surface area contributed by atoms with Gasteiger partial charge in [-0.2, -0.15) is 5.26 Å². The number of amides is 1. The van der Waals surface area contributed by atoms with Crippen molar-refractivity contribution in [3.63, 3.8) is 0 Å². The summed E-state index contributed by atoms with van der Waals surface area (Å²) in [5.74, 6) is 0.172. The van der Waals surface area contributed by atoms with Crippen LogP contribution in [0, 0.1) is 17.8 Å². The fraction of sp³-hybridized carbons (Fsp3) is 0.727. The topological polar surface area (TPSA) is 47.3 Å². The summed E-state index contributed by atoms with van der Waals surface area (Å²) < 4.78 is 0. The fourth-order valence-corrected chi connectivity index (χ4v) is 2.25. The van der Waals surface area contributed by atoms with E-state index in [1.54, 1.807) is 0 Å². The number of hydrogen-bond donors (Lipinski definition) is 0. The molecule has 1 amide bonds. The van der Waals surface area contributed by atoms with Crippen LogP contribution >= 0.6 is 0 Å². The summed E-state index contributed by atoms with van der Waals surface area (Å²) in [6.45, 7) is 2.95. The van der Waals surface area contributed by atoms with E-state index in [0.717, 1.165) is 38.9 Å². The Morgan fingerprint density at radius 2 is 2.40 bits per heavy atom. The lowest BCUT2D eigenvalue weighted by Gasteiger charge is -2.22.